The zero-order valence-electron chi connectivity index (χ0n) is 9.65. The molecule has 1 rings (SSSR count). The Morgan fingerprint density at radius 3 is 2.88 bits per heavy atom. The minimum atomic E-state index is 0.814. The molecule has 0 fully saturated rings. The van der Waals surface area contributed by atoms with Gasteiger partial charge in [-0.25, -0.2) is 0 Å². The molecule has 0 saturated heterocycles. The maximum absolute atomic E-state index is 6.08. The summed E-state index contributed by atoms with van der Waals surface area (Å²) in [4.78, 5) is 0. The zero-order valence-corrected chi connectivity index (χ0v) is 12.8. The lowest BCUT2D eigenvalue weighted by molar-refractivity contribution is 0.990. The number of halogens is 2. The lowest BCUT2D eigenvalue weighted by Gasteiger charge is -2.10. The van der Waals surface area contributed by atoms with E-state index in [-0.39, 0.29) is 0 Å². The molecular weight excluding hydrogens is 306 g/mol. The summed E-state index contributed by atoms with van der Waals surface area (Å²) < 4.78 is 1.08. The lowest BCUT2D eigenvalue weighted by atomic mass is 10.2. The van der Waals surface area contributed by atoms with E-state index in [2.05, 4.69) is 28.2 Å². The molecule has 4 heteroatoms. The van der Waals surface area contributed by atoms with Crippen LogP contribution < -0.4 is 5.32 Å². The van der Waals surface area contributed by atoms with Gasteiger partial charge in [-0.3, -0.25) is 0 Å². The highest BCUT2D eigenvalue weighted by molar-refractivity contribution is 9.10. The van der Waals surface area contributed by atoms with Crippen LogP contribution in [0.1, 0.15) is 18.9 Å². The summed E-state index contributed by atoms with van der Waals surface area (Å²) in [5.41, 5.74) is 2.18. The summed E-state index contributed by atoms with van der Waals surface area (Å²) in [7, 11) is 0. The van der Waals surface area contributed by atoms with Crippen LogP contribution in [0.25, 0.3) is 0 Å². The van der Waals surface area contributed by atoms with Gasteiger partial charge in [-0.2, -0.15) is 11.8 Å². The van der Waals surface area contributed by atoms with E-state index in [1.807, 2.05) is 30.8 Å². The van der Waals surface area contributed by atoms with Crippen molar-refractivity contribution < 1.29 is 0 Å². The fourth-order valence-electron chi connectivity index (χ4n) is 1.32. The SMILES string of the molecule is CCSCCCNc1cc(Cl)c(C)cc1Br. The van der Waals surface area contributed by atoms with Crippen molar-refractivity contribution in [1.82, 2.24) is 0 Å². The van der Waals surface area contributed by atoms with Gasteiger partial charge in [0.25, 0.3) is 0 Å². The Kier molecular flexibility index (Phi) is 6.62. The van der Waals surface area contributed by atoms with Gasteiger partial charge in [0.2, 0.25) is 0 Å². The minimum Gasteiger partial charge on any atom is -0.384 e. The third kappa shape index (κ3) is 4.56. The van der Waals surface area contributed by atoms with Crippen molar-refractivity contribution in [1.29, 1.82) is 0 Å². The fraction of sp³-hybridized carbons (Fsp3) is 0.500. The Hall–Kier alpha value is 0.140. The first-order chi connectivity index (χ1) is 7.65. The first kappa shape index (κ1) is 14.2. The molecule has 1 nitrogen and oxygen atoms in total. The summed E-state index contributed by atoms with van der Waals surface area (Å²) in [5.74, 6) is 2.40. The molecule has 0 aromatic heterocycles. The molecule has 1 N–H and O–H groups in total. The van der Waals surface area contributed by atoms with E-state index < -0.39 is 0 Å². The van der Waals surface area contributed by atoms with Gasteiger partial charge in [-0.1, -0.05) is 18.5 Å². The molecule has 0 radical (unpaired) electrons. The van der Waals surface area contributed by atoms with Crippen molar-refractivity contribution in [3.63, 3.8) is 0 Å². The van der Waals surface area contributed by atoms with Crippen LogP contribution in [0.15, 0.2) is 16.6 Å². The Morgan fingerprint density at radius 2 is 2.19 bits per heavy atom. The first-order valence-electron chi connectivity index (χ1n) is 5.42. The van der Waals surface area contributed by atoms with Crippen molar-refractivity contribution in [2.75, 3.05) is 23.4 Å². The predicted octanol–water partition coefficient (Wildman–Crippen LogP) is 4.97. The molecule has 0 atom stereocenters. The van der Waals surface area contributed by atoms with Gasteiger partial charge < -0.3 is 5.32 Å². The summed E-state index contributed by atoms with van der Waals surface area (Å²) in [6.07, 6.45) is 1.18. The van der Waals surface area contributed by atoms with E-state index >= 15 is 0 Å². The van der Waals surface area contributed by atoms with E-state index in [0.29, 0.717) is 0 Å². The van der Waals surface area contributed by atoms with E-state index in [0.717, 1.165) is 27.3 Å². The highest BCUT2D eigenvalue weighted by Gasteiger charge is 2.03. The number of aryl methyl sites for hydroxylation is 1. The zero-order chi connectivity index (χ0) is 12.0. The maximum Gasteiger partial charge on any atom is 0.0499 e. The molecule has 0 heterocycles. The van der Waals surface area contributed by atoms with Gasteiger partial charge in [0.1, 0.15) is 0 Å². The third-order valence-electron chi connectivity index (χ3n) is 2.23. The van der Waals surface area contributed by atoms with Gasteiger partial charge in [0.05, 0.1) is 0 Å². The molecule has 0 saturated carbocycles. The summed E-state index contributed by atoms with van der Waals surface area (Å²) >= 11 is 11.6. The smallest absolute Gasteiger partial charge is 0.0499 e. The van der Waals surface area contributed by atoms with E-state index in [1.54, 1.807) is 0 Å². The van der Waals surface area contributed by atoms with Crippen LogP contribution in [0.4, 0.5) is 5.69 Å². The van der Waals surface area contributed by atoms with Crippen molar-refractivity contribution in [3.8, 4) is 0 Å². The number of hydrogen-bond donors (Lipinski definition) is 1. The molecule has 1 aromatic rings. The third-order valence-corrected chi connectivity index (χ3v) is 4.28. The molecular formula is C12H17BrClNS. The number of anilines is 1. The number of nitrogens with one attached hydrogen (secondary N) is 1. The molecule has 0 aliphatic carbocycles. The molecule has 0 aliphatic rings. The van der Waals surface area contributed by atoms with E-state index in [1.165, 1.54) is 17.9 Å². The Labute approximate surface area is 115 Å². The lowest BCUT2D eigenvalue weighted by Crippen LogP contribution is -2.03. The van der Waals surface area contributed by atoms with Crippen LogP contribution >= 0.6 is 39.3 Å². The molecule has 0 bridgehead atoms. The molecule has 0 unspecified atom stereocenters. The van der Waals surface area contributed by atoms with Crippen molar-refractivity contribution in [2.45, 2.75) is 20.3 Å². The summed E-state index contributed by atoms with van der Waals surface area (Å²) in [6.45, 7) is 5.19. The van der Waals surface area contributed by atoms with Gasteiger partial charge in [-0.05, 0) is 58.5 Å². The minimum absolute atomic E-state index is 0.814. The number of rotatable bonds is 6. The topological polar surface area (TPSA) is 12.0 Å². The quantitative estimate of drug-likeness (QED) is 0.742. The predicted molar refractivity (Wildman–Crippen MR) is 80.0 cm³/mol. The standard InChI is InChI=1S/C12H17BrClNS/c1-3-16-6-4-5-15-12-8-11(14)9(2)7-10(12)13/h7-8,15H,3-6H2,1-2H3. The second kappa shape index (κ2) is 7.46. The fourth-order valence-corrected chi connectivity index (χ4v) is 2.72. The van der Waals surface area contributed by atoms with Crippen LogP contribution in [0.2, 0.25) is 5.02 Å². The van der Waals surface area contributed by atoms with Crippen LogP contribution in [0.5, 0.6) is 0 Å². The largest absolute Gasteiger partial charge is 0.384 e. The Balaban J connectivity index is 2.45. The number of benzene rings is 1. The summed E-state index contributed by atoms with van der Waals surface area (Å²) in [5, 5.41) is 4.21. The van der Waals surface area contributed by atoms with Crippen LogP contribution in [-0.4, -0.2) is 18.1 Å². The molecule has 90 valence electrons. The average Bonchev–Trinajstić information content (AvgIpc) is 2.25. The van der Waals surface area contributed by atoms with Crippen molar-refractivity contribution >= 4 is 45.0 Å². The Morgan fingerprint density at radius 1 is 1.44 bits per heavy atom. The molecule has 16 heavy (non-hydrogen) atoms. The van der Waals surface area contributed by atoms with E-state index in [9.17, 15) is 0 Å². The molecule has 0 spiro atoms. The highest BCUT2D eigenvalue weighted by atomic mass is 79.9. The number of thioether (sulfide) groups is 1. The van der Waals surface area contributed by atoms with Crippen LogP contribution in [0.3, 0.4) is 0 Å². The molecule has 0 aliphatic heterocycles. The van der Waals surface area contributed by atoms with Crippen LogP contribution in [-0.2, 0) is 0 Å². The second-order valence-electron chi connectivity index (χ2n) is 3.56. The maximum atomic E-state index is 6.08. The Bertz CT molecular complexity index is 344. The van der Waals surface area contributed by atoms with Gasteiger partial charge in [0.15, 0.2) is 0 Å². The van der Waals surface area contributed by atoms with Crippen LogP contribution in [0, 0.1) is 6.92 Å². The van der Waals surface area contributed by atoms with E-state index in [4.69, 9.17) is 11.6 Å². The van der Waals surface area contributed by atoms with Gasteiger partial charge in [-0.15, -0.1) is 0 Å². The average molecular weight is 323 g/mol. The van der Waals surface area contributed by atoms with Gasteiger partial charge >= 0.3 is 0 Å². The normalized spacial score (nSPS) is 10.5. The van der Waals surface area contributed by atoms with Crippen molar-refractivity contribution in [3.05, 3.63) is 27.2 Å². The first-order valence-corrected chi connectivity index (χ1v) is 7.75. The van der Waals surface area contributed by atoms with Crippen molar-refractivity contribution in [2.24, 2.45) is 0 Å². The second-order valence-corrected chi connectivity index (χ2v) is 6.21. The van der Waals surface area contributed by atoms with Gasteiger partial charge in [0, 0.05) is 21.7 Å². The molecule has 0 amide bonds. The monoisotopic (exact) mass is 321 g/mol. The number of hydrogen-bond acceptors (Lipinski definition) is 2. The summed E-state index contributed by atoms with van der Waals surface area (Å²) in [6, 6.07) is 4.03. The highest BCUT2D eigenvalue weighted by Crippen LogP contribution is 2.29. The molecule has 1 aromatic carbocycles.